The van der Waals surface area contributed by atoms with E-state index in [1.165, 1.54) is 11.3 Å². The molecule has 3 rings (SSSR count). The van der Waals surface area contributed by atoms with Crippen LogP contribution >= 0.6 is 11.3 Å². The van der Waals surface area contributed by atoms with Crippen molar-refractivity contribution in [2.75, 3.05) is 12.8 Å². The molecule has 0 spiro atoms. The summed E-state index contributed by atoms with van der Waals surface area (Å²) in [6.45, 7) is 0. The highest BCUT2D eigenvalue weighted by molar-refractivity contribution is 7.13. The molecule has 5 heteroatoms. The molecule has 0 radical (unpaired) electrons. The lowest BCUT2D eigenvalue weighted by atomic mass is 10.1. The van der Waals surface area contributed by atoms with Crippen LogP contribution in [0.15, 0.2) is 46.3 Å². The molecule has 0 aliphatic carbocycles. The number of nitrogens with two attached hydrogens (primary N) is 1. The van der Waals surface area contributed by atoms with Gasteiger partial charge in [0.2, 0.25) is 0 Å². The summed E-state index contributed by atoms with van der Waals surface area (Å²) in [5.41, 5.74) is 7.73. The maximum absolute atomic E-state index is 5.92. The lowest BCUT2D eigenvalue weighted by molar-refractivity contribution is 0.416. The van der Waals surface area contributed by atoms with Crippen molar-refractivity contribution < 1.29 is 9.26 Å². The van der Waals surface area contributed by atoms with Gasteiger partial charge in [-0.25, -0.2) is 0 Å². The summed E-state index contributed by atoms with van der Waals surface area (Å²) in [6.07, 6.45) is 0. The van der Waals surface area contributed by atoms with Crippen LogP contribution in [0.4, 0.5) is 5.82 Å². The summed E-state index contributed by atoms with van der Waals surface area (Å²) in [5.74, 6) is 1.87. The molecular formula is C14H12N2O2S. The van der Waals surface area contributed by atoms with Gasteiger partial charge in [-0.15, -0.1) is 11.3 Å². The highest BCUT2D eigenvalue weighted by Gasteiger charge is 2.19. The molecule has 0 atom stereocenters. The minimum absolute atomic E-state index is 0.397. The molecule has 96 valence electrons. The van der Waals surface area contributed by atoms with E-state index < -0.39 is 0 Å². The number of rotatable bonds is 3. The number of hydrogen-bond donors (Lipinski definition) is 1. The summed E-state index contributed by atoms with van der Waals surface area (Å²) in [4.78, 5) is 0.944. The number of nitrogen functional groups attached to an aromatic ring is 1. The van der Waals surface area contributed by atoms with E-state index in [0.29, 0.717) is 11.6 Å². The van der Waals surface area contributed by atoms with Crippen LogP contribution in [0.3, 0.4) is 0 Å². The summed E-state index contributed by atoms with van der Waals surface area (Å²) in [7, 11) is 1.64. The smallest absolute Gasteiger partial charge is 0.186 e. The van der Waals surface area contributed by atoms with Crippen molar-refractivity contribution in [3.63, 3.8) is 0 Å². The van der Waals surface area contributed by atoms with Crippen molar-refractivity contribution in [1.29, 1.82) is 0 Å². The first-order valence-electron chi connectivity index (χ1n) is 5.73. The van der Waals surface area contributed by atoms with Crippen molar-refractivity contribution in [3.05, 3.63) is 41.8 Å². The number of hydrogen-bond acceptors (Lipinski definition) is 5. The molecule has 0 amide bonds. The minimum Gasteiger partial charge on any atom is -0.496 e. The Labute approximate surface area is 114 Å². The van der Waals surface area contributed by atoms with Crippen LogP contribution in [0.1, 0.15) is 0 Å². The monoisotopic (exact) mass is 272 g/mol. The number of thiophene rings is 1. The Morgan fingerprint density at radius 2 is 2.05 bits per heavy atom. The molecule has 4 nitrogen and oxygen atoms in total. The number of aromatic nitrogens is 1. The minimum atomic E-state index is 0.397. The topological polar surface area (TPSA) is 61.3 Å². The van der Waals surface area contributed by atoms with Crippen molar-refractivity contribution in [2.45, 2.75) is 0 Å². The first kappa shape index (κ1) is 11.8. The average Bonchev–Trinajstić information content (AvgIpc) is 3.05. The highest BCUT2D eigenvalue weighted by atomic mass is 32.1. The zero-order chi connectivity index (χ0) is 13.2. The van der Waals surface area contributed by atoms with Crippen LogP contribution < -0.4 is 10.5 Å². The molecule has 3 aromatic rings. The summed E-state index contributed by atoms with van der Waals surface area (Å²) in [6, 6.07) is 11.8. The van der Waals surface area contributed by atoms with Gasteiger partial charge in [-0.1, -0.05) is 35.5 Å². The van der Waals surface area contributed by atoms with E-state index in [1.807, 2.05) is 41.8 Å². The molecule has 0 bridgehead atoms. The predicted octanol–water partition coefficient (Wildman–Crippen LogP) is 3.66. The molecule has 2 heterocycles. The van der Waals surface area contributed by atoms with Gasteiger partial charge in [-0.05, 0) is 5.56 Å². The molecule has 0 saturated carbocycles. The van der Waals surface area contributed by atoms with Gasteiger partial charge in [-0.3, -0.25) is 0 Å². The van der Waals surface area contributed by atoms with E-state index in [0.717, 1.165) is 21.8 Å². The predicted molar refractivity (Wildman–Crippen MR) is 76.2 cm³/mol. The average molecular weight is 272 g/mol. The SMILES string of the molecule is COc1csc(-c2onc(N)c2-c2ccccc2)c1. The molecule has 2 N–H and O–H groups in total. The molecule has 0 unspecified atom stereocenters. The standard InChI is InChI=1S/C14H12N2O2S/c1-17-10-7-11(19-8-10)13-12(14(15)16-18-13)9-5-3-2-4-6-9/h2-8H,1H3,(H2,15,16). The largest absolute Gasteiger partial charge is 0.496 e. The second kappa shape index (κ2) is 4.78. The Balaban J connectivity index is 2.13. The zero-order valence-electron chi connectivity index (χ0n) is 10.3. The Morgan fingerprint density at radius 3 is 2.74 bits per heavy atom. The van der Waals surface area contributed by atoms with Crippen molar-refractivity contribution in [2.24, 2.45) is 0 Å². The highest BCUT2D eigenvalue weighted by Crippen LogP contribution is 2.40. The lowest BCUT2D eigenvalue weighted by Crippen LogP contribution is -1.88. The van der Waals surface area contributed by atoms with E-state index in [2.05, 4.69) is 5.16 Å². The van der Waals surface area contributed by atoms with Crippen LogP contribution in [-0.2, 0) is 0 Å². The Morgan fingerprint density at radius 1 is 1.26 bits per heavy atom. The molecular weight excluding hydrogens is 260 g/mol. The van der Waals surface area contributed by atoms with Crippen LogP contribution in [-0.4, -0.2) is 12.3 Å². The maximum Gasteiger partial charge on any atom is 0.186 e. The van der Waals surface area contributed by atoms with Crippen LogP contribution in [0.25, 0.3) is 21.8 Å². The second-order valence-corrected chi connectivity index (χ2v) is 4.90. The third kappa shape index (κ3) is 2.08. The van der Waals surface area contributed by atoms with Gasteiger partial charge >= 0.3 is 0 Å². The Bertz CT molecular complexity index is 689. The Hall–Kier alpha value is -2.27. The van der Waals surface area contributed by atoms with E-state index in [1.54, 1.807) is 7.11 Å². The third-order valence-electron chi connectivity index (χ3n) is 2.82. The van der Waals surface area contributed by atoms with Crippen LogP contribution in [0, 0.1) is 0 Å². The van der Waals surface area contributed by atoms with Gasteiger partial charge in [0.05, 0.1) is 17.6 Å². The van der Waals surface area contributed by atoms with Gasteiger partial charge < -0.3 is 15.0 Å². The number of methoxy groups -OCH3 is 1. The number of nitrogens with zero attached hydrogens (tertiary/aromatic N) is 1. The molecule has 0 fully saturated rings. The normalized spacial score (nSPS) is 10.6. The number of anilines is 1. The van der Waals surface area contributed by atoms with Crippen LogP contribution in [0.2, 0.25) is 0 Å². The summed E-state index contributed by atoms with van der Waals surface area (Å²) >= 11 is 1.54. The maximum atomic E-state index is 5.92. The fraction of sp³-hybridized carbons (Fsp3) is 0.0714. The molecule has 0 saturated heterocycles. The van der Waals surface area contributed by atoms with E-state index in [-0.39, 0.29) is 0 Å². The van der Waals surface area contributed by atoms with Crippen molar-refractivity contribution in [1.82, 2.24) is 5.16 Å². The molecule has 2 aromatic heterocycles. The first-order chi connectivity index (χ1) is 9.29. The van der Waals surface area contributed by atoms with Crippen LogP contribution in [0.5, 0.6) is 5.75 Å². The summed E-state index contributed by atoms with van der Waals surface area (Å²) < 4.78 is 10.6. The number of ether oxygens (including phenoxy) is 1. The summed E-state index contributed by atoms with van der Waals surface area (Å²) in [5, 5.41) is 5.79. The third-order valence-corrected chi connectivity index (χ3v) is 3.72. The van der Waals surface area contributed by atoms with Crippen molar-refractivity contribution in [3.8, 4) is 27.5 Å². The van der Waals surface area contributed by atoms with Gasteiger partial charge in [-0.2, -0.15) is 0 Å². The zero-order valence-corrected chi connectivity index (χ0v) is 11.1. The molecule has 1 aromatic carbocycles. The quantitative estimate of drug-likeness (QED) is 0.790. The second-order valence-electron chi connectivity index (χ2n) is 3.99. The molecule has 19 heavy (non-hydrogen) atoms. The van der Waals surface area contributed by atoms with E-state index in [9.17, 15) is 0 Å². The van der Waals surface area contributed by atoms with Gasteiger partial charge in [0.25, 0.3) is 0 Å². The number of benzene rings is 1. The van der Waals surface area contributed by atoms with E-state index in [4.69, 9.17) is 15.0 Å². The lowest BCUT2D eigenvalue weighted by Gasteiger charge is -2.00. The Kier molecular flexibility index (Phi) is 2.97. The van der Waals surface area contributed by atoms with Crippen molar-refractivity contribution >= 4 is 17.2 Å². The van der Waals surface area contributed by atoms with Gasteiger partial charge in [0.15, 0.2) is 11.6 Å². The van der Waals surface area contributed by atoms with Gasteiger partial charge in [0, 0.05) is 11.4 Å². The van der Waals surface area contributed by atoms with Gasteiger partial charge in [0.1, 0.15) is 5.75 Å². The fourth-order valence-electron chi connectivity index (χ4n) is 1.90. The molecule has 0 aliphatic heterocycles. The molecule has 0 aliphatic rings. The van der Waals surface area contributed by atoms with E-state index >= 15 is 0 Å². The fourth-order valence-corrected chi connectivity index (χ4v) is 2.74. The first-order valence-corrected chi connectivity index (χ1v) is 6.61.